The largest absolute Gasteiger partial charge is 0.327 e. The third-order valence-electron chi connectivity index (χ3n) is 4.18. The first-order chi connectivity index (χ1) is 10.2. The fourth-order valence-electron chi connectivity index (χ4n) is 2.43. The molecule has 1 aliphatic rings. The smallest absolute Gasteiger partial charge is 0.242 e. The van der Waals surface area contributed by atoms with E-state index in [1.165, 1.54) is 18.4 Å². The summed E-state index contributed by atoms with van der Waals surface area (Å²) in [5, 5.41) is 0. The molecule has 22 heavy (non-hydrogen) atoms. The van der Waals surface area contributed by atoms with Crippen molar-refractivity contribution < 1.29 is 13.2 Å². The summed E-state index contributed by atoms with van der Waals surface area (Å²) in [6, 6.07) is 4.72. The molecule has 1 heterocycles. The summed E-state index contributed by atoms with van der Waals surface area (Å²) >= 11 is 0. The molecule has 0 bridgehead atoms. The van der Waals surface area contributed by atoms with Crippen molar-refractivity contribution in [3.05, 3.63) is 23.8 Å². The Morgan fingerprint density at radius 2 is 1.95 bits per heavy atom. The second-order valence-electron chi connectivity index (χ2n) is 5.97. The summed E-state index contributed by atoms with van der Waals surface area (Å²) in [6.45, 7) is 4.16. The lowest BCUT2D eigenvalue weighted by Gasteiger charge is -2.24. The van der Waals surface area contributed by atoms with Gasteiger partial charge in [0.05, 0.1) is 10.8 Å². The highest BCUT2D eigenvalue weighted by Gasteiger charge is 2.31. The van der Waals surface area contributed by atoms with Gasteiger partial charge in [-0.3, -0.25) is 4.79 Å². The van der Waals surface area contributed by atoms with Crippen LogP contribution < -0.4 is 10.6 Å². The lowest BCUT2D eigenvalue weighted by molar-refractivity contribution is -0.122. The van der Waals surface area contributed by atoms with Crippen molar-refractivity contribution in [3.8, 4) is 0 Å². The molecule has 0 saturated heterocycles. The summed E-state index contributed by atoms with van der Waals surface area (Å²) in [6.07, 6.45) is 0.731. The third-order valence-corrected chi connectivity index (χ3v) is 5.99. The number of amides is 1. The van der Waals surface area contributed by atoms with Gasteiger partial charge in [0, 0.05) is 32.4 Å². The van der Waals surface area contributed by atoms with Crippen molar-refractivity contribution in [1.82, 2.24) is 4.31 Å². The molecule has 2 N–H and O–H groups in total. The Morgan fingerprint density at radius 3 is 2.50 bits per heavy atom. The molecule has 0 aliphatic carbocycles. The number of sulfonamides is 1. The minimum Gasteiger partial charge on any atom is -0.327 e. The lowest BCUT2D eigenvalue weighted by Crippen LogP contribution is -2.41. The molecule has 7 heteroatoms. The summed E-state index contributed by atoms with van der Waals surface area (Å²) in [4.78, 5) is 14.4. The zero-order valence-corrected chi connectivity index (χ0v) is 14.2. The Morgan fingerprint density at radius 1 is 1.32 bits per heavy atom. The molecule has 0 radical (unpaired) electrons. The second-order valence-corrected chi connectivity index (χ2v) is 8.12. The quantitative estimate of drug-likeness (QED) is 0.888. The van der Waals surface area contributed by atoms with Crippen molar-refractivity contribution in [2.75, 3.05) is 25.5 Å². The Balaban J connectivity index is 2.41. The average Bonchev–Trinajstić information content (AvgIpc) is 2.88. The zero-order chi connectivity index (χ0) is 16.7. The van der Waals surface area contributed by atoms with Crippen LogP contribution in [-0.2, 0) is 21.2 Å². The van der Waals surface area contributed by atoms with Gasteiger partial charge >= 0.3 is 0 Å². The maximum atomic E-state index is 12.5. The van der Waals surface area contributed by atoms with E-state index in [2.05, 4.69) is 0 Å². The number of hydrogen-bond donors (Lipinski definition) is 1. The number of benzene rings is 1. The SMILES string of the molecule is CC(N)C(C)C(=O)N1CCc2ccc(S(=O)(=O)N(C)C)cc21. The number of anilines is 1. The van der Waals surface area contributed by atoms with E-state index in [-0.39, 0.29) is 22.8 Å². The number of carbonyl (C=O) groups excluding carboxylic acids is 1. The maximum absolute atomic E-state index is 12.5. The highest BCUT2D eigenvalue weighted by atomic mass is 32.2. The fraction of sp³-hybridized carbons (Fsp3) is 0.533. The predicted molar refractivity (Wildman–Crippen MR) is 86.2 cm³/mol. The average molecular weight is 325 g/mol. The van der Waals surface area contributed by atoms with Crippen LogP contribution in [0.15, 0.2) is 23.1 Å². The number of carbonyl (C=O) groups is 1. The van der Waals surface area contributed by atoms with E-state index in [4.69, 9.17) is 5.73 Å². The molecule has 1 aromatic carbocycles. The minimum atomic E-state index is -3.51. The van der Waals surface area contributed by atoms with Gasteiger partial charge < -0.3 is 10.6 Å². The van der Waals surface area contributed by atoms with E-state index in [1.54, 1.807) is 36.9 Å². The zero-order valence-electron chi connectivity index (χ0n) is 13.4. The molecular formula is C15H23N3O3S. The Bertz CT molecular complexity index is 683. The lowest BCUT2D eigenvalue weighted by atomic mass is 10.0. The highest BCUT2D eigenvalue weighted by Crippen LogP contribution is 2.32. The number of hydrogen-bond acceptors (Lipinski definition) is 4. The first-order valence-electron chi connectivity index (χ1n) is 7.28. The van der Waals surface area contributed by atoms with Crippen LogP contribution in [0.1, 0.15) is 19.4 Å². The maximum Gasteiger partial charge on any atom is 0.242 e. The predicted octanol–water partition coefficient (Wildman–Crippen LogP) is 0.809. The molecule has 0 aromatic heterocycles. The van der Waals surface area contributed by atoms with Crippen LogP contribution in [-0.4, -0.2) is 45.3 Å². The highest BCUT2D eigenvalue weighted by molar-refractivity contribution is 7.89. The molecule has 0 saturated carbocycles. The summed E-state index contributed by atoms with van der Waals surface area (Å²) < 4.78 is 25.7. The van der Waals surface area contributed by atoms with Crippen molar-refractivity contribution >= 4 is 21.6 Å². The van der Waals surface area contributed by atoms with E-state index in [0.717, 1.165) is 12.0 Å². The molecule has 6 nitrogen and oxygen atoms in total. The summed E-state index contributed by atoms with van der Waals surface area (Å²) in [5.74, 6) is -0.367. The molecule has 0 spiro atoms. The molecule has 2 rings (SSSR count). The fourth-order valence-corrected chi connectivity index (χ4v) is 3.35. The number of fused-ring (bicyclic) bond motifs is 1. The molecule has 1 aliphatic heterocycles. The van der Waals surface area contributed by atoms with E-state index in [0.29, 0.717) is 12.2 Å². The van der Waals surface area contributed by atoms with Gasteiger partial charge in [0.2, 0.25) is 15.9 Å². The van der Waals surface area contributed by atoms with Crippen LogP contribution in [0.25, 0.3) is 0 Å². The third kappa shape index (κ3) is 2.88. The standard InChI is InChI=1S/C15H23N3O3S/c1-10(11(2)16)15(19)18-8-7-12-5-6-13(9-14(12)18)22(20,21)17(3)4/h5-6,9-11H,7-8,16H2,1-4H3. The van der Waals surface area contributed by atoms with Crippen molar-refractivity contribution in [2.24, 2.45) is 11.7 Å². The van der Waals surface area contributed by atoms with Crippen LogP contribution in [0.2, 0.25) is 0 Å². The monoisotopic (exact) mass is 325 g/mol. The first kappa shape index (κ1) is 16.9. The molecular weight excluding hydrogens is 302 g/mol. The van der Waals surface area contributed by atoms with Gasteiger partial charge in [0.1, 0.15) is 0 Å². The number of rotatable bonds is 4. The van der Waals surface area contributed by atoms with Crippen LogP contribution in [0, 0.1) is 5.92 Å². The first-order valence-corrected chi connectivity index (χ1v) is 8.72. The van der Waals surface area contributed by atoms with Gasteiger partial charge in [0.15, 0.2) is 0 Å². The van der Waals surface area contributed by atoms with Gasteiger partial charge in [-0.15, -0.1) is 0 Å². The summed E-state index contributed by atoms with van der Waals surface area (Å²) in [7, 11) is -0.534. The normalized spacial score (nSPS) is 17.5. The molecule has 1 aromatic rings. The number of nitrogens with zero attached hydrogens (tertiary/aromatic N) is 2. The molecule has 122 valence electrons. The van der Waals surface area contributed by atoms with Gasteiger partial charge in [-0.05, 0) is 31.0 Å². The van der Waals surface area contributed by atoms with Crippen molar-refractivity contribution in [3.63, 3.8) is 0 Å². The van der Waals surface area contributed by atoms with Crippen LogP contribution in [0.4, 0.5) is 5.69 Å². The van der Waals surface area contributed by atoms with Crippen LogP contribution >= 0.6 is 0 Å². The van der Waals surface area contributed by atoms with Crippen molar-refractivity contribution in [2.45, 2.75) is 31.2 Å². The molecule has 0 fully saturated rings. The van der Waals surface area contributed by atoms with E-state index in [9.17, 15) is 13.2 Å². The van der Waals surface area contributed by atoms with Gasteiger partial charge in [-0.1, -0.05) is 13.0 Å². The van der Waals surface area contributed by atoms with Gasteiger partial charge in [-0.25, -0.2) is 12.7 Å². The van der Waals surface area contributed by atoms with Crippen LogP contribution in [0.3, 0.4) is 0 Å². The molecule has 2 unspecified atom stereocenters. The van der Waals surface area contributed by atoms with Crippen LogP contribution in [0.5, 0.6) is 0 Å². The van der Waals surface area contributed by atoms with Gasteiger partial charge in [0.25, 0.3) is 0 Å². The van der Waals surface area contributed by atoms with Gasteiger partial charge in [-0.2, -0.15) is 0 Å². The van der Waals surface area contributed by atoms with E-state index >= 15 is 0 Å². The molecule has 2 atom stereocenters. The Hall–Kier alpha value is -1.44. The van der Waals surface area contributed by atoms with E-state index in [1.807, 2.05) is 0 Å². The Labute approximate surface area is 131 Å². The Kier molecular flexibility index (Phi) is 4.60. The second kappa shape index (κ2) is 5.98. The summed E-state index contributed by atoms with van der Waals surface area (Å²) in [5.41, 5.74) is 7.48. The van der Waals surface area contributed by atoms with E-state index < -0.39 is 10.0 Å². The topological polar surface area (TPSA) is 83.7 Å². The number of nitrogens with two attached hydrogens (primary N) is 1. The minimum absolute atomic E-state index is 0.0619. The molecule has 1 amide bonds. The van der Waals surface area contributed by atoms with Crippen molar-refractivity contribution in [1.29, 1.82) is 0 Å².